The molecule has 0 atom stereocenters. The van der Waals surface area contributed by atoms with Crippen LogP contribution in [0.1, 0.15) is 87.0 Å². The average Bonchev–Trinajstić information content (AvgIpc) is 3.59. The predicted molar refractivity (Wildman–Crippen MR) is 204 cm³/mol. The number of fused-ring (bicyclic) bond motifs is 3. The number of benzene rings is 4. The van der Waals surface area contributed by atoms with Crippen LogP contribution in [0.25, 0.3) is 44.4 Å². The van der Waals surface area contributed by atoms with E-state index < -0.39 is 0 Å². The fraction of sp³-hybridized carbons (Fsp3) is 0.273. The highest BCUT2D eigenvalue weighted by Crippen LogP contribution is 2.38. The first-order valence-electron chi connectivity index (χ1n) is 17.7. The zero-order chi connectivity index (χ0) is 34.4. The van der Waals surface area contributed by atoms with Crippen LogP contribution in [0, 0.1) is 13.8 Å². The Hall–Kier alpha value is -5.16. The minimum atomic E-state index is 0.315. The SMILES string of the molecule is CCc1cccc(CC)c1-c1c(C)nn(-c2cc(Oc3ccc4c5ccccc5n(-c5cc(C(C)C)ccn5)c4c3)cc(C(C)C)c2)c1C. The van der Waals surface area contributed by atoms with Crippen LogP contribution in [0.15, 0.2) is 97.2 Å². The Bertz CT molecular complexity index is 2300. The van der Waals surface area contributed by atoms with E-state index in [9.17, 15) is 0 Å². The number of ether oxygens (including phenoxy) is 1. The molecule has 3 heterocycles. The maximum absolute atomic E-state index is 6.75. The molecule has 7 rings (SSSR count). The molecule has 0 amide bonds. The van der Waals surface area contributed by atoms with Gasteiger partial charge in [-0.15, -0.1) is 0 Å². The number of hydrogen-bond donors (Lipinski definition) is 0. The van der Waals surface area contributed by atoms with Gasteiger partial charge in [0.05, 0.1) is 22.4 Å². The molecule has 0 aliphatic heterocycles. The summed E-state index contributed by atoms with van der Waals surface area (Å²) in [4.78, 5) is 4.83. The van der Waals surface area contributed by atoms with E-state index >= 15 is 0 Å². The minimum absolute atomic E-state index is 0.315. The van der Waals surface area contributed by atoms with E-state index in [4.69, 9.17) is 14.8 Å². The van der Waals surface area contributed by atoms with Crippen molar-refractivity contribution in [3.8, 4) is 34.1 Å². The Morgan fingerprint density at radius 2 is 1.37 bits per heavy atom. The Morgan fingerprint density at radius 3 is 2.08 bits per heavy atom. The molecule has 0 saturated heterocycles. The first-order chi connectivity index (χ1) is 23.7. The van der Waals surface area contributed by atoms with Gasteiger partial charge in [0.1, 0.15) is 17.3 Å². The van der Waals surface area contributed by atoms with Crippen LogP contribution in [0.5, 0.6) is 11.5 Å². The van der Waals surface area contributed by atoms with E-state index in [2.05, 4.69) is 156 Å². The molecular formula is C44H46N4O. The second kappa shape index (κ2) is 13.0. The van der Waals surface area contributed by atoms with Gasteiger partial charge < -0.3 is 4.74 Å². The van der Waals surface area contributed by atoms with Crippen molar-refractivity contribution in [2.24, 2.45) is 0 Å². The molecule has 248 valence electrons. The summed E-state index contributed by atoms with van der Waals surface area (Å²) in [6.07, 6.45) is 3.88. The van der Waals surface area contributed by atoms with E-state index in [1.165, 1.54) is 44.2 Å². The van der Waals surface area contributed by atoms with Crippen molar-refractivity contribution >= 4 is 21.8 Å². The van der Waals surface area contributed by atoms with Crippen molar-refractivity contribution in [1.29, 1.82) is 0 Å². The van der Waals surface area contributed by atoms with Crippen LogP contribution >= 0.6 is 0 Å². The monoisotopic (exact) mass is 646 g/mol. The number of para-hydroxylation sites is 1. The summed E-state index contributed by atoms with van der Waals surface area (Å²) < 4.78 is 11.1. The van der Waals surface area contributed by atoms with Gasteiger partial charge in [0.15, 0.2) is 0 Å². The normalized spacial score (nSPS) is 11.8. The minimum Gasteiger partial charge on any atom is -0.457 e. The number of hydrogen-bond acceptors (Lipinski definition) is 3. The first kappa shape index (κ1) is 32.4. The molecule has 0 spiro atoms. The molecule has 0 N–H and O–H groups in total. The standard InChI is InChI=1S/C44H46N4O/c1-9-31-14-13-15-32(10-2)44(31)43-29(7)46-48(30(43)8)35-22-34(28(5)6)23-37(25-35)49-36-18-19-39-38-16-11-12-17-40(38)47(41(39)26-36)42-24-33(27(3)4)20-21-45-42/h11-28H,9-10H2,1-8H3. The second-order valence-corrected chi connectivity index (χ2v) is 13.8. The molecular weight excluding hydrogens is 601 g/mol. The van der Waals surface area contributed by atoms with Gasteiger partial charge in [-0.05, 0) is 109 Å². The van der Waals surface area contributed by atoms with E-state index in [0.717, 1.165) is 58.3 Å². The molecule has 0 aliphatic carbocycles. The lowest BCUT2D eigenvalue weighted by atomic mass is 9.91. The Balaban J connectivity index is 1.34. The molecule has 3 aromatic heterocycles. The van der Waals surface area contributed by atoms with Crippen molar-refractivity contribution < 1.29 is 4.74 Å². The largest absolute Gasteiger partial charge is 0.457 e. The summed E-state index contributed by atoms with van der Waals surface area (Å²) in [5.74, 6) is 3.21. The van der Waals surface area contributed by atoms with Crippen molar-refractivity contribution in [3.63, 3.8) is 0 Å². The zero-order valence-corrected chi connectivity index (χ0v) is 30.0. The molecule has 5 heteroatoms. The van der Waals surface area contributed by atoms with Crippen LogP contribution in [0.2, 0.25) is 0 Å². The molecule has 4 aromatic carbocycles. The number of rotatable bonds is 9. The topological polar surface area (TPSA) is 44.9 Å². The zero-order valence-electron chi connectivity index (χ0n) is 30.0. The van der Waals surface area contributed by atoms with Crippen molar-refractivity contribution in [1.82, 2.24) is 19.3 Å². The summed E-state index contributed by atoms with van der Waals surface area (Å²) in [7, 11) is 0. The highest BCUT2D eigenvalue weighted by atomic mass is 16.5. The smallest absolute Gasteiger partial charge is 0.137 e. The van der Waals surface area contributed by atoms with E-state index in [1.807, 2.05) is 6.20 Å². The number of aromatic nitrogens is 4. The summed E-state index contributed by atoms with van der Waals surface area (Å²) in [5, 5.41) is 7.50. The van der Waals surface area contributed by atoms with Gasteiger partial charge in [0, 0.05) is 40.4 Å². The van der Waals surface area contributed by atoms with Crippen molar-refractivity contribution in [2.45, 2.75) is 80.1 Å². The van der Waals surface area contributed by atoms with Gasteiger partial charge in [-0.3, -0.25) is 4.57 Å². The second-order valence-electron chi connectivity index (χ2n) is 13.8. The van der Waals surface area contributed by atoms with Crippen molar-refractivity contribution in [3.05, 3.63) is 131 Å². The summed E-state index contributed by atoms with van der Waals surface area (Å²) in [6, 6.07) is 32.5. The van der Waals surface area contributed by atoms with E-state index in [0.29, 0.717) is 11.8 Å². The molecule has 5 nitrogen and oxygen atoms in total. The highest BCUT2D eigenvalue weighted by Gasteiger charge is 2.21. The third kappa shape index (κ3) is 5.82. The number of nitrogens with zero attached hydrogens (tertiary/aromatic N) is 4. The Morgan fingerprint density at radius 1 is 0.653 bits per heavy atom. The van der Waals surface area contributed by atoms with Crippen LogP contribution in [-0.4, -0.2) is 19.3 Å². The highest BCUT2D eigenvalue weighted by molar-refractivity contribution is 6.09. The van der Waals surface area contributed by atoms with Gasteiger partial charge in [-0.25, -0.2) is 9.67 Å². The van der Waals surface area contributed by atoms with Gasteiger partial charge in [-0.2, -0.15) is 5.10 Å². The van der Waals surface area contributed by atoms with Gasteiger partial charge in [0.25, 0.3) is 0 Å². The molecule has 0 radical (unpaired) electrons. The fourth-order valence-electron chi connectivity index (χ4n) is 7.25. The fourth-order valence-corrected chi connectivity index (χ4v) is 7.25. The predicted octanol–water partition coefficient (Wildman–Crippen LogP) is 11.8. The van der Waals surface area contributed by atoms with Crippen LogP contribution < -0.4 is 4.74 Å². The number of aryl methyl sites for hydroxylation is 3. The Labute approximate surface area is 290 Å². The van der Waals surface area contributed by atoms with Crippen LogP contribution in [0.4, 0.5) is 0 Å². The quantitative estimate of drug-likeness (QED) is 0.157. The van der Waals surface area contributed by atoms with Crippen LogP contribution in [0.3, 0.4) is 0 Å². The average molecular weight is 647 g/mol. The molecule has 0 bridgehead atoms. The van der Waals surface area contributed by atoms with Crippen LogP contribution in [-0.2, 0) is 12.8 Å². The molecule has 0 unspecified atom stereocenters. The maximum atomic E-state index is 6.75. The van der Waals surface area contributed by atoms with Gasteiger partial charge >= 0.3 is 0 Å². The summed E-state index contributed by atoms with van der Waals surface area (Å²) in [5.41, 5.74) is 13.1. The third-order valence-electron chi connectivity index (χ3n) is 9.91. The maximum Gasteiger partial charge on any atom is 0.137 e. The van der Waals surface area contributed by atoms with E-state index in [-0.39, 0.29) is 0 Å². The van der Waals surface area contributed by atoms with E-state index in [1.54, 1.807) is 0 Å². The van der Waals surface area contributed by atoms with Gasteiger partial charge in [0.2, 0.25) is 0 Å². The lowest BCUT2D eigenvalue weighted by Crippen LogP contribution is -2.02. The molecule has 49 heavy (non-hydrogen) atoms. The molecule has 0 saturated carbocycles. The lowest BCUT2D eigenvalue weighted by Gasteiger charge is -2.16. The Kier molecular flexibility index (Phi) is 8.62. The lowest BCUT2D eigenvalue weighted by molar-refractivity contribution is 0.481. The molecule has 0 aliphatic rings. The number of pyridine rings is 1. The summed E-state index contributed by atoms with van der Waals surface area (Å²) in [6.45, 7) is 17.7. The third-order valence-corrected chi connectivity index (χ3v) is 9.91. The van der Waals surface area contributed by atoms with Gasteiger partial charge in [-0.1, -0.05) is 77.9 Å². The first-order valence-corrected chi connectivity index (χ1v) is 17.7. The molecule has 7 aromatic rings. The van der Waals surface area contributed by atoms with Crippen molar-refractivity contribution in [2.75, 3.05) is 0 Å². The summed E-state index contributed by atoms with van der Waals surface area (Å²) >= 11 is 0. The molecule has 0 fully saturated rings.